The average Bonchev–Trinajstić information content (AvgIpc) is 1.99. The van der Waals surface area contributed by atoms with Crippen molar-refractivity contribution in [2.24, 2.45) is 5.92 Å². The molecular weight excluding hydrogens is 186 g/mol. The molecule has 0 saturated carbocycles. The number of nitrogens with one attached hydrogen (secondary N) is 1. The molecule has 82 valence electrons. The lowest BCUT2D eigenvalue weighted by atomic mass is 10.1. The quantitative estimate of drug-likeness (QED) is 0.754. The summed E-state index contributed by atoms with van der Waals surface area (Å²) in [6.45, 7) is 9.52. The van der Waals surface area contributed by atoms with Crippen molar-refractivity contribution < 1.29 is 8.78 Å². The first-order chi connectivity index (χ1) is 6.32. The Morgan fingerprint density at radius 1 is 1.36 bits per heavy atom. The van der Waals surface area contributed by atoms with E-state index in [1.165, 1.54) is 0 Å². The summed E-state index contributed by atoms with van der Waals surface area (Å²) in [6, 6.07) is 0.261. The Labute approximate surface area is 84.0 Å². The number of nitrogens with zero attached hydrogens (tertiary/aromatic N) is 1. The third kappa shape index (κ3) is 2.59. The lowest BCUT2D eigenvalue weighted by Crippen LogP contribution is -2.57. The summed E-state index contributed by atoms with van der Waals surface area (Å²) in [5.74, 6) is -1.45. The van der Waals surface area contributed by atoms with Gasteiger partial charge in [0, 0.05) is 6.04 Å². The second-order valence-electron chi connectivity index (χ2n) is 4.34. The van der Waals surface area contributed by atoms with Gasteiger partial charge in [0.05, 0.1) is 18.9 Å². The van der Waals surface area contributed by atoms with Crippen molar-refractivity contribution in [2.45, 2.75) is 32.7 Å². The van der Waals surface area contributed by atoms with Crippen LogP contribution in [0.1, 0.15) is 20.8 Å². The largest absolute Gasteiger partial charge is 0.370 e. The van der Waals surface area contributed by atoms with Crippen molar-refractivity contribution in [3.63, 3.8) is 0 Å². The zero-order chi connectivity index (χ0) is 10.9. The standard InChI is InChI=1S/C10H18F2N2/c1-7(2)8(3)13-9(4)14-5-10(11,12)6-14/h7-8,13H,4-6H2,1-3H3/t8-/m1/s1. The second-order valence-corrected chi connectivity index (χ2v) is 4.34. The molecule has 0 amide bonds. The molecule has 0 unspecified atom stereocenters. The van der Waals surface area contributed by atoms with Gasteiger partial charge in [0.1, 0.15) is 0 Å². The molecule has 0 spiro atoms. The predicted octanol–water partition coefficient (Wildman–Crippen LogP) is 2.04. The number of hydrogen-bond donors (Lipinski definition) is 1. The summed E-state index contributed by atoms with van der Waals surface area (Å²) in [6.07, 6.45) is 0. The second kappa shape index (κ2) is 3.75. The first kappa shape index (κ1) is 11.3. The summed E-state index contributed by atoms with van der Waals surface area (Å²) < 4.78 is 25.1. The van der Waals surface area contributed by atoms with Crippen LogP contribution in [-0.4, -0.2) is 30.0 Å². The van der Waals surface area contributed by atoms with E-state index in [1.54, 1.807) is 4.90 Å². The van der Waals surface area contributed by atoms with E-state index in [9.17, 15) is 8.78 Å². The van der Waals surface area contributed by atoms with Crippen molar-refractivity contribution in [1.82, 2.24) is 10.2 Å². The maximum atomic E-state index is 12.5. The summed E-state index contributed by atoms with van der Waals surface area (Å²) in [7, 11) is 0. The molecule has 1 atom stereocenters. The molecule has 4 heteroatoms. The molecule has 1 fully saturated rings. The van der Waals surface area contributed by atoms with Gasteiger partial charge in [0.15, 0.2) is 0 Å². The fourth-order valence-electron chi connectivity index (χ4n) is 1.22. The number of hydrogen-bond acceptors (Lipinski definition) is 2. The molecule has 0 aromatic rings. The van der Waals surface area contributed by atoms with Crippen molar-refractivity contribution in [3.05, 3.63) is 12.4 Å². The predicted molar refractivity (Wildman–Crippen MR) is 53.1 cm³/mol. The van der Waals surface area contributed by atoms with E-state index in [0.29, 0.717) is 11.7 Å². The van der Waals surface area contributed by atoms with Crippen LogP contribution in [0.15, 0.2) is 12.4 Å². The number of alkyl halides is 2. The van der Waals surface area contributed by atoms with Crippen LogP contribution in [-0.2, 0) is 0 Å². The molecule has 14 heavy (non-hydrogen) atoms. The highest BCUT2D eigenvalue weighted by molar-refractivity contribution is 5.03. The van der Waals surface area contributed by atoms with Crippen molar-refractivity contribution in [1.29, 1.82) is 0 Å². The molecular formula is C10H18F2N2. The Balaban J connectivity index is 2.31. The van der Waals surface area contributed by atoms with Crippen LogP contribution in [0, 0.1) is 5.92 Å². The zero-order valence-corrected chi connectivity index (χ0v) is 8.98. The van der Waals surface area contributed by atoms with Crippen LogP contribution in [0.2, 0.25) is 0 Å². The molecule has 1 N–H and O–H groups in total. The van der Waals surface area contributed by atoms with E-state index in [4.69, 9.17) is 0 Å². The van der Waals surface area contributed by atoms with Crippen LogP contribution in [0.4, 0.5) is 8.78 Å². The lowest BCUT2D eigenvalue weighted by molar-refractivity contribution is -0.118. The SMILES string of the molecule is C=C(N[C@H](C)C(C)C)N1CC(F)(F)C1. The summed E-state index contributed by atoms with van der Waals surface area (Å²) in [4.78, 5) is 1.57. The first-order valence-corrected chi connectivity index (χ1v) is 4.90. The Morgan fingerprint density at radius 3 is 2.21 bits per heavy atom. The van der Waals surface area contributed by atoms with Gasteiger partial charge in [0.2, 0.25) is 0 Å². The van der Waals surface area contributed by atoms with Gasteiger partial charge in [0.25, 0.3) is 5.92 Å². The topological polar surface area (TPSA) is 15.3 Å². The van der Waals surface area contributed by atoms with Crippen LogP contribution < -0.4 is 5.32 Å². The van der Waals surface area contributed by atoms with Gasteiger partial charge in [-0.05, 0) is 12.8 Å². The normalized spacial score (nSPS) is 21.7. The van der Waals surface area contributed by atoms with Crippen LogP contribution in [0.3, 0.4) is 0 Å². The third-order valence-electron chi connectivity index (χ3n) is 2.62. The van der Waals surface area contributed by atoms with Gasteiger partial charge in [-0.25, -0.2) is 8.78 Å². The molecule has 0 bridgehead atoms. The highest BCUT2D eigenvalue weighted by atomic mass is 19.3. The van der Waals surface area contributed by atoms with E-state index < -0.39 is 5.92 Å². The Kier molecular flexibility index (Phi) is 3.02. The molecule has 0 aromatic heterocycles. The van der Waals surface area contributed by atoms with Crippen LogP contribution >= 0.6 is 0 Å². The molecule has 0 aromatic carbocycles. The minimum Gasteiger partial charge on any atom is -0.370 e. The maximum absolute atomic E-state index is 12.5. The number of likely N-dealkylation sites (tertiary alicyclic amines) is 1. The minimum absolute atomic E-state index is 0.205. The highest BCUT2D eigenvalue weighted by Gasteiger charge is 2.44. The van der Waals surface area contributed by atoms with E-state index in [1.807, 2.05) is 6.92 Å². The molecule has 1 heterocycles. The first-order valence-electron chi connectivity index (χ1n) is 4.90. The molecule has 1 aliphatic heterocycles. The molecule has 1 rings (SSSR count). The maximum Gasteiger partial charge on any atom is 0.282 e. The van der Waals surface area contributed by atoms with Gasteiger partial charge in [-0.15, -0.1) is 0 Å². The van der Waals surface area contributed by atoms with Gasteiger partial charge < -0.3 is 10.2 Å². The highest BCUT2D eigenvalue weighted by Crippen LogP contribution is 2.28. The summed E-state index contributed by atoms with van der Waals surface area (Å²) >= 11 is 0. The molecule has 1 saturated heterocycles. The van der Waals surface area contributed by atoms with Crippen LogP contribution in [0.25, 0.3) is 0 Å². The fourth-order valence-corrected chi connectivity index (χ4v) is 1.22. The van der Waals surface area contributed by atoms with Gasteiger partial charge in [-0.3, -0.25) is 0 Å². The molecule has 2 nitrogen and oxygen atoms in total. The van der Waals surface area contributed by atoms with E-state index >= 15 is 0 Å². The number of rotatable bonds is 4. The van der Waals surface area contributed by atoms with Crippen molar-refractivity contribution >= 4 is 0 Å². The number of halogens is 2. The minimum atomic E-state index is -2.52. The fraction of sp³-hybridized carbons (Fsp3) is 0.800. The average molecular weight is 204 g/mol. The Morgan fingerprint density at radius 2 is 1.86 bits per heavy atom. The van der Waals surface area contributed by atoms with Crippen LogP contribution in [0.5, 0.6) is 0 Å². The van der Waals surface area contributed by atoms with E-state index in [0.717, 1.165) is 0 Å². The van der Waals surface area contributed by atoms with Crippen molar-refractivity contribution in [2.75, 3.05) is 13.1 Å². The molecule has 0 radical (unpaired) electrons. The van der Waals surface area contributed by atoms with E-state index in [-0.39, 0.29) is 19.1 Å². The van der Waals surface area contributed by atoms with E-state index in [2.05, 4.69) is 25.7 Å². The Hall–Kier alpha value is -0.800. The lowest BCUT2D eigenvalue weighted by Gasteiger charge is -2.42. The summed E-state index contributed by atoms with van der Waals surface area (Å²) in [5, 5.41) is 3.12. The van der Waals surface area contributed by atoms with Gasteiger partial charge in [-0.1, -0.05) is 20.4 Å². The zero-order valence-electron chi connectivity index (χ0n) is 8.98. The molecule has 0 aliphatic carbocycles. The Bertz CT molecular complexity index is 218. The van der Waals surface area contributed by atoms with Gasteiger partial charge >= 0.3 is 0 Å². The molecule has 1 aliphatic rings. The third-order valence-corrected chi connectivity index (χ3v) is 2.62. The van der Waals surface area contributed by atoms with Gasteiger partial charge in [-0.2, -0.15) is 0 Å². The monoisotopic (exact) mass is 204 g/mol. The van der Waals surface area contributed by atoms with Crippen molar-refractivity contribution in [3.8, 4) is 0 Å². The summed E-state index contributed by atoms with van der Waals surface area (Å²) in [5.41, 5.74) is 0. The smallest absolute Gasteiger partial charge is 0.282 e.